The number of hydrogen-bond donors (Lipinski definition) is 1. The molecular weight excluding hydrogens is 442 g/mol. The lowest BCUT2D eigenvalue weighted by molar-refractivity contribution is -0.153. The third kappa shape index (κ3) is 6.39. The minimum absolute atomic E-state index is 0.0915. The van der Waals surface area contributed by atoms with Crippen molar-refractivity contribution in [3.8, 4) is 0 Å². The van der Waals surface area contributed by atoms with Crippen molar-refractivity contribution in [3.05, 3.63) is 35.9 Å². The number of nitrogens with zero attached hydrogens (tertiary/aromatic N) is 2. The van der Waals surface area contributed by atoms with Crippen LogP contribution in [-0.2, 0) is 30.4 Å². The van der Waals surface area contributed by atoms with E-state index in [2.05, 4.69) is 5.32 Å². The zero-order valence-electron chi connectivity index (χ0n) is 20.1. The molecule has 0 aromatic heterocycles. The van der Waals surface area contributed by atoms with Crippen LogP contribution in [0.3, 0.4) is 0 Å². The molecule has 0 unspecified atom stereocenters. The van der Waals surface area contributed by atoms with E-state index in [1.54, 1.807) is 20.8 Å². The van der Waals surface area contributed by atoms with Crippen LogP contribution in [0.5, 0.6) is 0 Å². The van der Waals surface area contributed by atoms with Crippen molar-refractivity contribution in [2.45, 2.75) is 70.4 Å². The van der Waals surface area contributed by atoms with E-state index < -0.39 is 41.7 Å². The number of amides is 3. The number of methoxy groups -OCH3 is 1. The van der Waals surface area contributed by atoms with Crippen LogP contribution < -0.4 is 5.32 Å². The van der Waals surface area contributed by atoms with Gasteiger partial charge in [0.2, 0.25) is 5.91 Å². The SMILES string of the molecule is COC(=O)[C@@H]1CC[C@@H]2CCN(C(=O)OCc3ccccc3)C[C@H](NC(=O)OC(C)(C)C)C(=O)N21. The van der Waals surface area contributed by atoms with Crippen molar-refractivity contribution in [1.82, 2.24) is 15.1 Å². The molecule has 34 heavy (non-hydrogen) atoms. The Kier molecular flexibility index (Phi) is 8.01. The Morgan fingerprint density at radius 3 is 2.44 bits per heavy atom. The maximum Gasteiger partial charge on any atom is 0.410 e. The van der Waals surface area contributed by atoms with E-state index in [4.69, 9.17) is 14.2 Å². The van der Waals surface area contributed by atoms with Crippen LogP contribution in [0.1, 0.15) is 45.6 Å². The smallest absolute Gasteiger partial charge is 0.410 e. The molecule has 2 saturated heterocycles. The fourth-order valence-electron chi connectivity index (χ4n) is 4.28. The summed E-state index contributed by atoms with van der Waals surface area (Å²) >= 11 is 0. The quantitative estimate of drug-likeness (QED) is 0.525. The fraction of sp³-hybridized carbons (Fsp3) is 0.583. The number of carbonyl (C=O) groups excluding carboxylic acids is 4. The number of nitrogens with one attached hydrogen (secondary N) is 1. The lowest BCUT2D eigenvalue weighted by Crippen LogP contribution is -2.60. The predicted octanol–water partition coefficient (Wildman–Crippen LogP) is 2.45. The van der Waals surface area contributed by atoms with Gasteiger partial charge in [-0.1, -0.05) is 30.3 Å². The maximum atomic E-state index is 13.5. The molecule has 3 amide bonds. The first kappa shape index (κ1) is 25.3. The highest BCUT2D eigenvalue weighted by Gasteiger charge is 2.46. The van der Waals surface area contributed by atoms with Crippen LogP contribution in [0, 0.1) is 0 Å². The number of carbonyl (C=O) groups is 4. The average molecular weight is 476 g/mol. The average Bonchev–Trinajstić information content (AvgIpc) is 3.20. The Labute approximate surface area is 199 Å². The van der Waals surface area contributed by atoms with Crippen LogP contribution in [0.25, 0.3) is 0 Å². The lowest BCUT2D eigenvalue weighted by Gasteiger charge is -2.38. The van der Waals surface area contributed by atoms with Crippen LogP contribution in [0.15, 0.2) is 30.3 Å². The molecule has 0 radical (unpaired) electrons. The van der Waals surface area contributed by atoms with Crippen LogP contribution >= 0.6 is 0 Å². The van der Waals surface area contributed by atoms with Gasteiger partial charge in [0.15, 0.2) is 0 Å². The van der Waals surface area contributed by atoms with E-state index in [9.17, 15) is 19.2 Å². The molecule has 1 aromatic rings. The van der Waals surface area contributed by atoms with E-state index in [-0.39, 0.29) is 19.2 Å². The number of esters is 1. The first-order chi connectivity index (χ1) is 16.1. The Bertz CT molecular complexity index is 900. The summed E-state index contributed by atoms with van der Waals surface area (Å²) in [5, 5.41) is 2.59. The van der Waals surface area contributed by atoms with Crippen molar-refractivity contribution >= 4 is 24.1 Å². The fourth-order valence-corrected chi connectivity index (χ4v) is 4.28. The van der Waals surface area contributed by atoms with Gasteiger partial charge in [0, 0.05) is 12.6 Å². The predicted molar refractivity (Wildman–Crippen MR) is 122 cm³/mol. The van der Waals surface area contributed by atoms with Crippen LogP contribution in [0.4, 0.5) is 9.59 Å². The van der Waals surface area contributed by atoms with Gasteiger partial charge in [0.05, 0.1) is 13.7 Å². The number of alkyl carbamates (subject to hydrolysis) is 1. The van der Waals surface area contributed by atoms with Gasteiger partial charge < -0.3 is 29.3 Å². The summed E-state index contributed by atoms with van der Waals surface area (Å²) < 4.78 is 15.7. The monoisotopic (exact) mass is 475 g/mol. The maximum absolute atomic E-state index is 13.5. The molecule has 10 nitrogen and oxygen atoms in total. The van der Waals surface area contributed by atoms with E-state index in [1.807, 2.05) is 30.3 Å². The van der Waals surface area contributed by atoms with E-state index >= 15 is 0 Å². The molecule has 1 N–H and O–H groups in total. The van der Waals surface area contributed by atoms with Gasteiger partial charge in [-0.25, -0.2) is 14.4 Å². The van der Waals surface area contributed by atoms with Gasteiger partial charge in [-0.05, 0) is 45.6 Å². The Balaban J connectivity index is 1.78. The van der Waals surface area contributed by atoms with Crippen molar-refractivity contribution < 1.29 is 33.4 Å². The number of ether oxygens (including phenoxy) is 3. The van der Waals surface area contributed by atoms with E-state index in [0.717, 1.165) is 5.56 Å². The van der Waals surface area contributed by atoms with Crippen molar-refractivity contribution in [3.63, 3.8) is 0 Å². The molecule has 186 valence electrons. The molecule has 2 aliphatic heterocycles. The Morgan fingerprint density at radius 1 is 1.09 bits per heavy atom. The number of benzene rings is 1. The highest BCUT2D eigenvalue weighted by atomic mass is 16.6. The number of fused-ring (bicyclic) bond motifs is 1. The van der Waals surface area contributed by atoms with E-state index in [1.165, 1.54) is 16.9 Å². The second kappa shape index (κ2) is 10.8. The summed E-state index contributed by atoms with van der Waals surface area (Å²) in [5.74, 6) is -0.948. The summed E-state index contributed by atoms with van der Waals surface area (Å²) in [4.78, 5) is 54.1. The highest BCUT2D eigenvalue weighted by molar-refractivity contribution is 5.91. The minimum atomic E-state index is -1.10. The van der Waals surface area contributed by atoms with Crippen molar-refractivity contribution in [1.29, 1.82) is 0 Å². The molecule has 0 saturated carbocycles. The van der Waals surface area contributed by atoms with Gasteiger partial charge >= 0.3 is 18.2 Å². The second-order valence-electron chi connectivity index (χ2n) is 9.49. The molecule has 0 bridgehead atoms. The summed E-state index contributed by atoms with van der Waals surface area (Å²) in [5.41, 5.74) is 0.0682. The van der Waals surface area contributed by atoms with Crippen molar-refractivity contribution in [2.75, 3.05) is 20.2 Å². The second-order valence-corrected chi connectivity index (χ2v) is 9.49. The third-order valence-corrected chi connectivity index (χ3v) is 5.82. The van der Waals surface area contributed by atoms with Crippen LogP contribution in [0.2, 0.25) is 0 Å². The minimum Gasteiger partial charge on any atom is -0.467 e. The Hall–Kier alpha value is -3.30. The molecular formula is C24H33N3O7. The van der Waals surface area contributed by atoms with Crippen LogP contribution in [-0.4, -0.2) is 77.8 Å². The van der Waals surface area contributed by atoms with Crippen molar-refractivity contribution in [2.24, 2.45) is 0 Å². The summed E-state index contributed by atoms with van der Waals surface area (Å²) in [6.07, 6.45) is 0.176. The molecule has 3 rings (SSSR count). The van der Waals surface area contributed by atoms with Gasteiger partial charge in [-0.15, -0.1) is 0 Å². The van der Waals surface area contributed by atoms with Gasteiger partial charge in [0.25, 0.3) is 0 Å². The molecule has 0 spiro atoms. The zero-order chi connectivity index (χ0) is 24.9. The summed E-state index contributed by atoms with van der Waals surface area (Å²) in [7, 11) is 1.28. The molecule has 2 aliphatic rings. The molecule has 2 fully saturated rings. The first-order valence-corrected chi connectivity index (χ1v) is 11.4. The lowest BCUT2D eigenvalue weighted by atomic mass is 10.1. The van der Waals surface area contributed by atoms with Gasteiger partial charge in [-0.2, -0.15) is 0 Å². The topological polar surface area (TPSA) is 114 Å². The normalized spacial score (nSPS) is 22.8. The summed E-state index contributed by atoms with van der Waals surface area (Å²) in [6.45, 7) is 5.43. The molecule has 2 heterocycles. The highest BCUT2D eigenvalue weighted by Crippen LogP contribution is 2.30. The summed E-state index contributed by atoms with van der Waals surface area (Å²) in [6, 6.07) is 7.19. The Morgan fingerprint density at radius 2 is 1.79 bits per heavy atom. The third-order valence-electron chi connectivity index (χ3n) is 5.82. The first-order valence-electron chi connectivity index (χ1n) is 11.4. The molecule has 3 atom stereocenters. The van der Waals surface area contributed by atoms with E-state index in [0.29, 0.717) is 25.8 Å². The number of rotatable bonds is 4. The number of hydrogen-bond acceptors (Lipinski definition) is 7. The van der Waals surface area contributed by atoms with Gasteiger partial charge in [-0.3, -0.25) is 4.79 Å². The zero-order valence-corrected chi connectivity index (χ0v) is 20.1. The molecule has 1 aromatic carbocycles. The van der Waals surface area contributed by atoms with Gasteiger partial charge in [0.1, 0.15) is 24.3 Å². The largest absolute Gasteiger partial charge is 0.467 e. The standard InChI is InChI=1S/C24H33N3O7/c1-24(2,3)34-22(30)25-18-14-26(23(31)33-15-16-8-6-5-7-9-16)13-12-17-10-11-19(21(29)32-4)27(17)20(18)28/h5-9,17-19H,10-15H2,1-4H3,(H,25,30)/t17-,18+,19+/m1/s1. The molecule has 10 heteroatoms. The molecule has 0 aliphatic carbocycles.